The number of halogens is 3. The van der Waals surface area contributed by atoms with Crippen molar-refractivity contribution >= 4 is 38.9 Å². The molecule has 2 aromatic rings. The monoisotopic (exact) mass is 361 g/mol. The Bertz CT molecular complexity index is 585. The van der Waals surface area contributed by atoms with Crippen molar-refractivity contribution < 1.29 is 4.39 Å². The highest BCUT2D eigenvalue weighted by atomic mass is 79.9. The summed E-state index contributed by atoms with van der Waals surface area (Å²) in [6, 6.07) is 5.25. The van der Waals surface area contributed by atoms with Crippen molar-refractivity contribution in [2.24, 2.45) is 0 Å². The molecular formula is C14H14BrClFNS. The summed E-state index contributed by atoms with van der Waals surface area (Å²) in [6.07, 6.45) is 0. The molecule has 102 valence electrons. The molecule has 1 nitrogen and oxygen atoms in total. The smallest absolute Gasteiger partial charge is 0.127 e. The molecule has 0 bridgehead atoms. The third kappa shape index (κ3) is 3.37. The summed E-state index contributed by atoms with van der Waals surface area (Å²) in [6.45, 7) is 4.60. The van der Waals surface area contributed by atoms with Crippen LogP contribution < -0.4 is 5.32 Å². The maximum Gasteiger partial charge on any atom is 0.127 e. The van der Waals surface area contributed by atoms with E-state index in [9.17, 15) is 4.39 Å². The van der Waals surface area contributed by atoms with E-state index in [1.165, 1.54) is 6.07 Å². The molecule has 1 N–H and O–H groups in total. The molecule has 0 saturated heterocycles. The number of hydrogen-bond acceptors (Lipinski definition) is 2. The van der Waals surface area contributed by atoms with Crippen molar-refractivity contribution in [2.45, 2.75) is 19.9 Å². The lowest BCUT2D eigenvalue weighted by Gasteiger charge is -2.19. The van der Waals surface area contributed by atoms with Gasteiger partial charge in [-0.1, -0.05) is 18.5 Å². The summed E-state index contributed by atoms with van der Waals surface area (Å²) < 4.78 is 14.6. The van der Waals surface area contributed by atoms with E-state index in [1.807, 2.05) is 13.0 Å². The quantitative estimate of drug-likeness (QED) is 0.777. The third-order valence-electron chi connectivity index (χ3n) is 2.92. The molecule has 0 aliphatic heterocycles. The third-order valence-corrected chi connectivity index (χ3v) is 4.77. The Morgan fingerprint density at radius 2 is 2.16 bits per heavy atom. The SMILES string of the molecule is CCNC(c1csc(Br)c1)c1cc(C)c(F)cc1Cl. The summed E-state index contributed by atoms with van der Waals surface area (Å²) in [5.74, 6) is -0.268. The molecule has 1 atom stereocenters. The molecule has 1 heterocycles. The first-order valence-electron chi connectivity index (χ1n) is 5.95. The lowest BCUT2D eigenvalue weighted by Crippen LogP contribution is -2.22. The van der Waals surface area contributed by atoms with Crippen LogP contribution in [0.4, 0.5) is 4.39 Å². The first kappa shape index (κ1) is 15.0. The predicted molar refractivity (Wildman–Crippen MR) is 83.7 cm³/mol. The maximum atomic E-state index is 13.5. The lowest BCUT2D eigenvalue weighted by atomic mass is 9.99. The van der Waals surface area contributed by atoms with E-state index in [4.69, 9.17) is 11.6 Å². The average Bonchev–Trinajstić information content (AvgIpc) is 2.78. The Labute approximate surface area is 129 Å². The van der Waals surface area contributed by atoms with Gasteiger partial charge in [0.05, 0.1) is 9.83 Å². The number of benzene rings is 1. The molecule has 1 unspecified atom stereocenters. The Morgan fingerprint density at radius 1 is 1.42 bits per heavy atom. The number of nitrogens with one attached hydrogen (secondary N) is 1. The van der Waals surface area contributed by atoms with Crippen LogP contribution in [0.15, 0.2) is 27.4 Å². The van der Waals surface area contributed by atoms with Crippen molar-refractivity contribution in [2.75, 3.05) is 6.54 Å². The largest absolute Gasteiger partial charge is 0.306 e. The zero-order chi connectivity index (χ0) is 14.0. The molecule has 0 radical (unpaired) electrons. The Balaban J connectivity index is 2.47. The fourth-order valence-electron chi connectivity index (χ4n) is 1.99. The molecule has 0 saturated carbocycles. The first-order chi connectivity index (χ1) is 9.02. The summed E-state index contributed by atoms with van der Waals surface area (Å²) >= 11 is 11.3. The van der Waals surface area contributed by atoms with E-state index in [-0.39, 0.29) is 11.9 Å². The molecule has 0 aliphatic rings. The number of thiophene rings is 1. The van der Waals surface area contributed by atoms with Crippen LogP contribution in [0.5, 0.6) is 0 Å². The number of hydrogen-bond donors (Lipinski definition) is 1. The summed E-state index contributed by atoms with van der Waals surface area (Å²) in [4.78, 5) is 0. The van der Waals surface area contributed by atoms with Crippen LogP contribution in [0, 0.1) is 12.7 Å². The molecule has 0 fully saturated rings. The van der Waals surface area contributed by atoms with E-state index in [0.717, 1.165) is 21.5 Å². The fraction of sp³-hybridized carbons (Fsp3) is 0.286. The summed E-state index contributed by atoms with van der Waals surface area (Å²) in [5.41, 5.74) is 2.65. The van der Waals surface area contributed by atoms with Crippen molar-refractivity contribution in [3.8, 4) is 0 Å². The highest BCUT2D eigenvalue weighted by molar-refractivity contribution is 9.11. The second-order valence-corrected chi connectivity index (χ2v) is 7.00. The van der Waals surface area contributed by atoms with Crippen LogP contribution in [0.25, 0.3) is 0 Å². The Morgan fingerprint density at radius 3 is 2.74 bits per heavy atom. The Hall–Kier alpha value is -0.420. The molecular weight excluding hydrogens is 349 g/mol. The second-order valence-electron chi connectivity index (χ2n) is 4.30. The van der Waals surface area contributed by atoms with Gasteiger partial charge >= 0.3 is 0 Å². The van der Waals surface area contributed by atoms with Crippen LogP contribution in [0.2, 0.25) is 5.02 Å². The highest BCUT2D eigenvalue weighted by Crippen LogP contribution is 2.33. The normalized spacial score (nSPS) is 12.7. The zero-order valence-corrected chi connectivity index (χ0v) is 13.8. The lowest BCUT2D eigenvalue weighted by molar-refractivity contribution is 0.607. The minimum atomic E-state index is -0.268. The molecule has 1 aromatic heterocycles. The number of aryl methyl sites for hydroxylation is 1. The molecule has 1 aromatic carbocycles. The van der Waals surface area contributed by atoms with E-state index >= 15 is 0 Å². The van der Waals surface area contributed by atoms with E-state index in [2.05, 4.69) is 32.7 Å². The van der Waals surface area contributed by atoms with Gasteiger partial charge in [-0.3, -0.25) is 0 Å². The van der Waals surface area contributed by atoms with Gasteiger partial charge in [-0.25, -0.2) is 4.39 Å². The minimum absolute atomic E-state index is 0.0145. The Kier molecular flexibility index (Phi) is 5.01. The highest BCUT2D eigenvalue weighted by Gasteiger charge is 2.18. The molecule has 5 heteroatoms. The fourth-order valence-corrected chi connectivity index (χ4v) is 3.45. The van der Waals surface area contributed by atoms with Gasteiger partial charge < -0.3 is 5.32 Å². The van der Waals surface area contributed by atoms with Crippen LogP contribution in [0.3, 0.4) is 0 Å². The molecule has 0 amide bonds. The van der Waals surface area contributed by atoms with Crippen LogP contribution >= 0.6 is 38.9 Å². The predicted octanol–water partition coefficient (Wildman–Crippen LogP) is 5.31. The molecule has 19 heavy (non-hydrogen) atoms. The maximum absolute atomic E-state index is 13.5. The van der Waals surface area contributed by atoms with Gasteiger partial charge in [-0.15, -0.1) is 11.3 Å². The van der Waals surface area contributed by atoms with Gasteiger partial charge in [-0.2, -0.15) is 0 Å². The second kappa shape index (κ2) is 6.35. The van der Waals surface area contributed by atoms with Gasteiger partial charge in [-0.05, 0) is 69.7 Å². The van der Waals surface area contributed by atoms with Gasteiger partial charge in [0.15, 0.2) is 0 Å². The zero-order valence-electron chi connectivity index (χ0n) is 10.6. The van der Waals surface area contributed by atoms with Crippen molar-refractivity contribution in [3.05, 3.63) is 54.9 Å². The summed E-state index contributed by atoms with van der Waals surface area (Å²) in [7, 11) is 0. The van der Waals surface area contributed by atoms with Gasteiger partial charge in [0.1, 0.15) is 5.82 Å². The van der Waals surface area contributed by atoms with E-state index in [1.54, 1.807) is 18.3 Å². The standard InChI is InChI=1S/C14H14BrClFNS/c1-3-18-14(9-5-13(15)19-7-9)10-4-8(2)12(17)6-11(10)16/h4-7,14,18H,3H2,1-2H3. The molecule has 0 spiro atoms. The van der Waals surface area contributed by atoms with E-state index in [0.29, 0.717) is 10.6 Å². The van der Waals surface area contributed by atoms with Crippen LogP contribution in [0.1, 0.15) is 29.7 Å². The van der Waals surface area contributed by atoms with Crippen molar-refractivity contribution in [1.82, 2.24) is 5.32 Å². The van der Waals surface area contributed by atoms with E-state index < -0.39 is 0 Å². The molecule has 2 rings (SSSR count). The topological polar surface area (TPSA) is 12.0 Å². The minimum Gasteiger partial charge on any atom is -0.306 e. The van der Waals surface area contributed by atoms with Gasteiger partial charge in [0.2, 0.25) is 0 Å². The molecule has 0 aliphatic carbocycles. The van der Waals surface area contributed by atoms with Crippen LogP contribution in [-0.2, 0) is 0 Å². The van der Waals surface area contributed by atoms with Gasteiger partial charge in [0.25, 0.3) is 0 Å². The van der Waals surface area contributed by atoms with Crippen molar-refractivity contribution in [3.63, 3.8) is 0 Å². The van der Waals surface area contributed by atoms with Gasteiger partial charge in [0, 0.05) is 5.02 Å². The first-order valence-corrected chi connectivity index (χ1v) is 8.00. The van der Waals surface area contributed by atoms with Crippen LogP contribution in [-0.4, -0.2) is 6.54 Å². The number of rotatable bonds is 4. The summed E-state index contributed by atoms with van der Waals surface area (Å²) in [5, 5.41) is 5.93. The van der Waals surface area contributed by atoms with Crippen molar-refractivity contribution in [1.29, 1.82) is 0 Å². The average molecular weight is 363 g/mol.